The Morgan fingerprint density at radius 1 is 1.40 bits per heavy atom. The number of fused-ring (bicyclic) bond motifs is 1. The van der Waals surface area contributed by atoms with Crippen LogP contribution < -0.4 is 4.90 Å². The van der Waals surface area contributed by atoms with E-state index in [9.17, 15) is 4.79 Å². The Morgan fingerprint density at radius 3 is 2.73 bits per heavy atom. The third-order valence-corrected chi connectivity index (χ3v) is 2.71. The molecule has 1 amide bonds. The van der Waals surface area contributed by atoms with Crippen LogP contribution >= 0.6 is 11.6 Å². The molecule has 0 bridgehead atoms. The molecule has 1 aliphatic heterocycles. The number of hydrogen-bond donors (Lipinski definition) is 0. The van der Waals surface area contributed by atoms with Crippen LogP contribution in [-0.4, -0.2) is 33.5 Å². The number of aromatic nitrogens is 3. The summed E-state index contributed by atoms with van der Waals surface area (Å²) in [7, 11) is 1.63. The van der Waals surface area contributed by atoms with Gasteiger partial charge in [0.25, 0.3) is 5.95 Å². The first kappa shape index (κ1) is 10.1. The molecule has 0 spiro atoms. The zero-order chi connectivity index (χ0) is 11.2. The SMILES string of the molecule is CC1=Nn2c(Cl)nnc2N(C)C(=O)C1C. The summed E-state index contributed by atoms with van der Waals surface area (Å²) >= 11 is 5.80. The number of rotatable bonds is 0. The molecule has 0 fully saturated rings. The predicted molar refractivity (Wildman–Crippen MR) is 56.1 cm³/mol. The molecule has 2 rings (SSSR count). The van der Waals surface area contributed by atoms with Crippen molar-refractivity contribution >= 4 is 29.2 Å². The second-order valence-electron chi connectivity index (χ2n) is 3.44. The van der Waals surface area contributed by atoms with Crippen molar-refractivity contribution in [2.24, 2.45) is 11.0 Å². The molecule has 0 saturated carbocycles. The molecule has 15 heavy (non-hydrogen) atoms. The fourth-order valence-electron chi connectivity index (χ4n) is 1.36. The first-order valence-corrected chi connectivity index (χ1v) is 4.84. The maximum Gasteiger partial charge on any atom is 0.255 e. The van der Waals surface area contributed by atoms with Crippen molar-refractivity contribution in [1.29, 1.82) is 0 Å². The maximum atomic E-state index is 11.8. The van der Waals surface area contributed by atoms with Gasteiger partial charge in [0.05, 0.1) is 5.92 Å². The lowest BCUT2D eigenvalue weighted by Gasteiger charge is -2.14. The fraction of sp³-hybridized carbons (Fsp3) is 0.500. The molecule has 1 aliphatic rings. The van der Waals surface area contributed by atoms with E-state index in [4.69, 9.17) is 11.6 Å². The third kappa shape index (κ3) is 1.41. The molecule has 7 heteroatoms. The highest BCUT2D eigenvalue weighted by Crippen LogP contribution is 2.21. The standard InChI is InChI=1S/C8H10ClN5O/c1-4-5(2)12-14-7(9)10-11-8(14)13(3)6(4)15/h4H,1-3H3. The van der Waals surface area contributed by atoms with Crippen LogP contribution in [0.5, 0.6) is 0 Å². The van der Waals surface area contributed by atoms with E-state index < -0.39 is 0 Å². The minimum atomic E-state index is -0.271. The number of nitrogens with zero attached hydrogens (tertiary/aromatic N) is 5. The highest BCUT2D eigenvalue weighted by molar-refractivity contribution is 6.28. The van der Waals surface area contributed by atoms with E-state index in [1.165, 1.54) is 9.58 Å². The van der Waals surface area contributed by atoms with Crippen molar-refractivity contribution in [3.8, 4) is 0 Å². The molecule has 1 aromatic heterocycles. The van der Waals surface area contributed by atoms with Crippen molar-refractivity contribution in [1.82, 2.24) is 14.9 Å². The summed E-state index contributed by atoms with van der Waals surface area (Å²) in [5.74, 6) is 0.000494. The Hall–Kier alpha value is -1.43. The molecule has 0 aliphatic carbocycles. The highest BCUT2D eigenvalue weighted by atomic mass is 35.5. The van der Waals surface area contributed by atoms with Gasteiger partial charge in [0.2, 0.25) is 11.2 Å². The van der Waals surface area contributed by atoms with Gasteiger partial charge in [-0.05, 0) is 25.4 Å². The fourth-order valence-corrected chi connectivity index (χ4v) is 1.51. The minimum absolute atomic E-state index is 0.0703. The predicted octanol–water partition coefficient (Wildman–Crippen LogP) is 0.768. The first-order valence-electron chi connectivity index (χ1n) is 4.46. The quantitative estimate of drug-likeness (QED) is 0.658. The molecule has 2 heterocycles. The Balaban J connectivity index is 2.63. The molecule has 1 aromatic rings. The van der Waals surface area contributed by atoms with E-state index in [0.717, 1.165) is 0 Å². The molecular weight excluding hydrogens is 218 g/mol. The van der Waals surface area contributed by atoms with Crippen molar-refractivity contribution in [3.63, 3.8) is 0 Å². The molecule has 0 N–H and O–H groups in total. The zero-order valence-electron chi connectivity index (χ0n) is 8.60. The second-order valence-corrected chi connectivity index (χ2v) is 3.78. The lowest BCUT2D eigenvalue weighted by molar-refractivity contribution is -0.119. The molecule has 0 radical (unpaired) electrons. The van der Waals surface area contributed by atoms with Crippen LogP contribution in [0.15, 0.2) is 5.10 Å². The molecule has 80 valence electrons. The maximum absolute atomic E-state index is 11.8. The zero-order valence-corrected chi connectivity index (χ0v) is 9.36. The second kappa shape index (κ2) is 3.30. The van der Waals surface area contributed by atoms with E-state index in [2.05, 4.69) is 15.3 Å². The summed E-state index contributed by atoms with van der Waals surface area (Å²) in [5, 5.41) is 11.8. The topological polar surface area (TPSA) is 63.4 Å². The van der Waals surface area contributed by atoms with Crippen LogP contribution in [0.4, 0.5) is 5.95 Å². The van der Waals surface area contributed by atoms with E-state index in [1.807, 2.05) is 0 Å². The van der Waals surface area contributed by atoms with E-state index in [0.29, 0.717) is 11.7 Å². The number of hydrogen-bond acceptors (Lipinski definition) is 4. The van der Waals surface area contributed by atoms with Crippen LogP contribution in [0.1, 0.15) is 13.8 Å². The van der Waals surface area contributed by atoms with Gasteiger partial charge in [-0.2, -0.15) is 9.78 Å². The Bertz CT molecular complexity index is 452. The van der Waals surface area contributed by atoms with Crippen LogP contribution in [0.2, 0.25) is 5.28 Å². The van der Waals surface area contributed by atoms with Crippen LogP contribution in [-0.2, 0) is 4.79 Å². The number of amides is 1. The lowest BCUT2D eigenvalue weighted by Crippen LogP contribution is -2.33. The summed E-state index contributed by atoms with van der Waals surface area (Å²) in [6.45, 7) is 3.58. The van der Waals surface area contributed by atoms with Gasteiger partial charge in [0.15, 0.2) is 0 Å². The molecule has 0 saturated heterocycles. The monoisotopic (exact) mass is 227 g/mol. The summed E-state index contributed by atoms with van der Waals surface area (Å²) in [6.07, 6.45) is 0. The van der Waals surface area contributed by atoms with Gasteiger partial charge >= 0.3 is 0 Å². The summed E-state index contributed by atoms with van der Waals surface area (Å²) in [6, 6.07) is 0. The summed E-state index contributed by atoms with van der Waals surface area (Å²) in [4.78, 5) is 13.3. The number of carbonyl (C=O) groups is 1. The third-order valence-electron chi connectivity index (χ3n) is 2.47. The van der Waals surface area contributed by atoms with Crippen LogP contribution in [0.3, 0.4) is 0 Å². The molecule has 1 unspecified atom stereocenters. The number of anilines is 1. The van der Waals surface area contributed by atoms with E-state index in [1.54, 1.807) is 20.9 Å². The first-order chi connectivity index (χ1) is 7.02. The molecule has 6 nitrogen and oxygen atoms in total. The molecule has 0 aromatic carbocycles. The summed E-state index contributed by atoms with van der Waals surface area (Å²) in [5.41, 5.74) is 0.687. The van der Waals surface area contributed by atoms with Gasteiger partial charge in [-0.3, -0.25) is 9.69 Å². The summed E-state index contributed by atoms with van der Waals surface area (Å²) < 4.78 is 1.36. The van der Waals surface area contributed by atoms with Crippen LogP contribution in [0, 0.1) is 5.92 Å². The largest absolute Gasteiger partial charge is 0.282 e. The Morgan fingerprint density at radius 2 is 2.07 bits per heavy atom. The Labute approximate surface area is 91.5 Å². The lowest BCUT2D eigenvalue weighted by atomic mass is 10.1. The van der Waals surface area contributed by atoms with Crippen molar-refractivity contribution in [2.75, 3.05) is 11.9 Å². The van der Waals surface area contributed by atoms with E-state index >= 15 is 0 Å². The number of halogens is 1. The van der Waals surface area contributed by atoms with Gasteiger partial charge in [0.1, 0.15) is 0 Å². The van der Waals surface area contributed by atoms with Gasteiger partial charge < -0.3 is 0 Å². The van der Waals surface area contributed by atoms with Crippen molar-refractivity contribution in [2.45, 2.75) is 13.8 Å². The molecule has 1 atom stereocenters. The van der Waals surface area contributed by atoms with Gasteiger partial charge in [-0.15, -0.1) is 10.2 Å². The van der Waals surface area contributed by atoms with Gasteiger partial charge in [-0.25, -0.2) is 0 Å². The smallest absolute Gasteiger partial charge is 0.255 e. The Kier molecular flexibility index (Phi) is 2.22. The van der Waals surface area contributed by atoms with Crippen LogP contribution in [0.25, 0.3) is 0 Å². The normalized spacial score (nSPS) is 21.1. The average molecular weight is 228 g/mol. The average Bonchev–Trinajstić information content (AvgIpc) is 2.54. The van der Waals surface area contributed by atoms with Gasteiger partial charge in [0, 0.05) is 12.8 Å². The highest BCUT2D eigenvalue weighted by Gasteiger charge is 2.29. The van der Waals surface area contributed by atoms with Crippen molar-refractivity contribution < 1.29 is 4.79 Å². The van der Waals surface area contributed by atoms with Gasteiger partial charge in [-0.1, -0.05) is 0 Å². The molecular formula is C8H10ClN5O. The van der Waals surface area contributed by atoms with E-state index in [-0.39, 0.29) is 17.1 Å². The minimum Gasteiger partial charge on any atom is -0.282 e. The number of carbonyl (C=O) groups excluding carboxylic acids is 1. The van der Waals surface area contributed by atoms with Crippen molar-refractivity contribution in [3.05, 3.63) is 5.28 Å².